The van der Waals surface area contributed by atoms with Crippen LogP contribution in [0.4, 0.5) is 0 Å². The number of carbonyl (C=O) groups excluding carboxylic acids is 6. The molecule has 0 saturated carbocycles. The van der Waals surface area contributed by atoms with Crippen LogP contribution in [0.2, 0.25) is 0 Å². The van der Waals surface area contributed by atoms with Gasteiger partial charge in [0.1, 0.15) is 0 Å². The first-order chi connectivity index (χ1) is 45.3. The molecule has 16 heteroatoms. The number of hydrogen-bond acceptors (Lipinski definition) is 14. The van der Waals surface area contributed by atoms with E-state index in [1.807, 2.05) is 9.80 Å². The predicted molar refractivity (Wildman–Crippen MR) is 377 cm³/mol. The number of β-amino-alcohol motifs (C(OH)–C–C–N with tert-alkyl or cyclic N) is 1. The van der Waals surface area contributed by atoms with Gasteiger partial charge in [0, 0.05) is 97.9 Å². The molecule has 1 fully saturated rings. The van der Waals surface area contributed by atoms with Crippen molar-refractivity contribution in [2.24, 2.45) is 23.7 Å². The number of hydrogen-bond donors (Lipinski definition) is 1. The maximum absolute atomic E-state index is 14.5. The quantitative estimate of drug-likeness (QED) is 0.0264. The number of carbonyl (C=O) groups is 6. The second-order valence-electron chi connectivity index (χ2n) is 28.2. The van der Waals surface area contributed by atoms with Gasteiger partial charge in [0.15, 0.2) is 0 Å². The normalized spacial score (nSPS) is 19.3. The Kier molecular flexibility index (Phi) is 38.7. The molecule has 528 valence electrons. The van der Waals surface area contributed by atoms with Gasteiger partial charge in [-0.05, 0) is 209 Å². The fourth-order valence-corrected chi connectivity index (χ4v) is 13.2. The van der Waals surface area contributed by atoms with E-state index in [1.54, 1.807) is 0 Å². The predicted octanol–water partition coefficient (Wildman–Crippen LogP) is 14.0. The average molecular weight is 1310 g/mol. The van der Waals surface area contributed by atoms with Crippen LogP contribution in [0.3, 0.4) is 0 Å². The Balaban J connectivity index is 1.22. The molecular weight excluding hydrogens is 1180 g/mol. The van der Waals surface area contributed by atoms with Gasteiger partial charge < -0.3 is 38.8 Å². The number of allylic oxidation sites excluding steroid dienone is 16. The lowest BCUT2D eigenvalue weighted by atomic mass is 9.88. The molecule has 0 bridgehead atoms. The summed E-state index contributed by atoms with van der Waals surface area (Å²) in [4.78, 5) is 92.9. The third kappa shape index (κ3) is 33.0. The Labute approximate surface area is 567 Å². The van der Waals surface area contributed by atoms with E-state index < -0.39 is 0 Å². The molecule has 0 radical (unpaired) electrons. The average Bonchev–Trinajstić information content (AvgIpc) is 3.48. The molecule has 0 aromatic heterocycles. The second-order valence-corrected chi connectivity index (χ2v) is 28.2. The van der Waals surface area contributed by atoms with Gasteiger partial charge in [0.2, 0.25) is 11.8 Å². The van der Waals surface area contributed by atoms with E-state index in [0.717, 1.165) is 135 Å². The summed E-state index contributed by atoms with van der Waals surface area (Å²) in [5, 5.41) is 9.61. The van der Waals surface area contributed by atoms with Crippen LogP contribution >= 0.6 is 0 Å². The fourth-order valence-electron chi connectivity index (χ4n) is 13.2. The van der Waals surface area contributed by atoms with Crippen molar-refractivity contribution in [2.45, 2.75) is 222 Å². The summed E-state index contributed by atoms with van der Waals surface area (Å²) in [6, 6.07) is 0. The zero-order valence-corrected chi connectivity index (χ0v) is 59.8. The van der Waals surface area contributed by atoms with Gasteiger partial charge in [-0.15, -0.1) is 0 Å². The highest BCUT2D eigenvalue weighted by Crippen LogP contribution is 2.31. The Morgan fingerprint density at radius 3 is 0.936 bits per heavy atom. The minimum atomic E-state index is -0.188. The van der Waals surface area contributed by atoms with Crippen LogP contribution in [0.1, 0.15) is 222 Å². The van der Waals surface area contributed by atoms with Crippen molar-refractivity contribution in [2.75, 3.05) is 118 Å². The molecule has 4 atom stereocenters. The molecule has 0 aromatic carbocycles. The Hall–Kier alpha value is -5.42. The van der Waals surface area contributed by atoms with Crippen LogP contribution < -0.4 is 0 Å². The molecule has 1 heterocycles. The molecule has 1 N–H and O–H groups in total. The summed E-state index contributed by atoms with van der Waals surface area (Å²) in [6.45, 7) is 25.6. The van der Waals surface area contributed by atoms with E-state index in [0.29, 0.717) is 104 Å². The SMILES string of the molecule is CC(C)=CCCC1=CCC(C(=O)OCCCN(CCCOC(=O)C2CC=C(CCC=C(C)C)CC2)C(=O)CCN(CCC(=O)N(CCCOC(=O)C2CC=C(CCC=C(C)C)CC2)CCCOC(=O)C2CC=C(CCC=C(C)C)CC2)CCN2CCN(CCO)CC2)CC1. The summed E-state index contributed by atoms with van der Waals surface area (Å²) in [7, 11) is 0. The first kappa shape index (κ1) is 79.3. The molecule has 2 amide bonds. The highest BCUT2D eigenvalue weighted by molar-refractivity contribution is 5.77. The van der Waals surface area contributed by atoms with Gasteiger partial charge in [-0.25, -0.2) is 0 Å². The van der Waals surface area contributed by atoms with Crippen molar-refractivity contribution in [3.63, 3.8) is 0 Å². The zero-order valence-electron chi connectivity index (χ0n) is 59.8. The third-order valence-corrected chi connectivity index (χ3v) is 19.3. The van der Waals surface area contributed by atoms with E-state index in [9.17, 15) is 33.9 Å². The molecule has 5 rings (SSSR count). The minimum Gasteiger partial charge on any atom is -0.465 e. The maximum atomic E-state index is 14.5. The highest BCUT2D eigenvalue weighted by Gasteiger charge is 2.28. The van der Waals surface area contributed by atoms with E-state index in [1.165, 1.54) is 44.6 Å². The highest BCUT2D eigenvalue weighted by atomic mass is 16.5. The Morgan fingerprint density at radius 1 is 0.415 bits per heavy atom. The Bertz CT molecular complexity index is 2290. The summed E-state index contributed by atoms with van der Waals surface area (Å²) in [6.07, 6.45) is 37.7. The summed E-state index contributed by atoms with van der Waals surface area (Å²) < 4.78 is 23.5. The number of rotatable bonds is 43. The van der Waals surface area contributed by atoms with Crippen molar-refractivity contribution in [1.82, 2.24) is 24.5 Å². The van der Waals surface area contributed by atoms with Crippen molar-refractivity contribution in [3.8, 4) is 0 Å². The van der Waals surface area contributed by atoms with Crippen molar-refractivity contribution < 1.29 is 52.8 Å². The number of ether oxygens (including phenoxy) is 4. The fraction of sp³-hybridized carbons (Fsp3) is 0.718. The number of piperazine rings is 1. The molecule has 1 aliphatic heterocycles. The molecule has 16 nitrogen and oxygen atoms in total. The molecule has 5 aliphatic rings. The molecule has 0 spiro atoms. The summed E-state index contributed by atoms with van der Waals surface area (Å²) in [5.74, 6) is -1.53. The lowest BCUT2D eigenvalue weighted by molar-refractivity contribution is -0.150. The smallest absolute Gasteiger partial charge is 0.309 e. The number of aliphatic hydroxyl groups excluding tert-OH is 1. The van der Waals surface area contributed by atoms with Crippen LogP contribution in [0.15, 0.2) is 93.2 Å². The molecule has 4 aliphatic carbocycles. The van der Waals surface area contributed by atoms with Crippen LogP contribution in [-0.2, 0) is 47.7 Å². The van der Waals surface area contributed by atoms with Crippen LogP contribution in [0.5, 0.6) is 0 Å². The van der Waals surface area contributed by atoms with E-state index in [2.05, 4.69) is 119 Å². The first-order valence-corrected chi connectivity index (χ1v) is 36.6. The topological polar surface area (TPSA) is 176 Å². The van der Waals surface area contributed by atoms with Crippen LogP contribution in [0.25, 0.3) is 0 Å². The summed E-state index contributed by atoms with van der Waals surface area (Å²) >= 11 is 0. The first-order valence-electron chi connectivity index (χ1n) is 36.6. The monoisotopic (exact) mass is 1310 g/mol. The van der Waals surface area contributed by atoms with Gasteiger partial charge in [0.25, 0.3) is 0 Å². The minimum absolute atomic E-state index is 0.0539. The van der Waals surface area contributed by atoms with E-state index >= 15 is 0 Å². The Morgan fingerprint density at radius 2 is 0.691 bits per heavy atom. The van der Waals surface area contributed by atoms with Crippen molar-refractivity contribution in [3.05, 3.63) is 93.2 Å². The third-order valence-electron chi connectivity index (χ3n) is 19.3. The van der Waals surface area contributed by atoms with Crippen LogP contribution in [0, 0.1) is 23.7 Å². The van der Waals surface area contributed by atoms with E-state index in [-0.39, 0.29) is 105 Å². The zero-order chi connectivity index (χ0) is 67.9. The lowest BCUT2D eigenvalue weighted by Crippen LogP contribution is -2.49. The molecule has 1 saturated heterocycles. The number of amides is 2. The molecular formula is C78H125N5O11. The number of aliphatic hydroxyl groups is 1. The van der Waals surface area contributed by atoms with Gasteiger partial charge in [-0.2, -0.15) is 0 Å². The summed E-state index contributed by atoms with van der Waals surface area (Å²) in [5.41, 5.74) is 10.9. The maximum Gasteiger partial charge on any atom is 0.309 e. The van der Waals surface area contributed by atoms with Crippen molar-refractivity contribution >= 4 is 35.7 Å². The number of esters is 4. The van der Waals surface area contributed by atoms with Gasteiger partial charge >= 0.3 is 23.9 Å². The largest absolute Gasteiger partial charge is 0.465 e. The standard InChI is InChI=1S/C78H125N5O11/c1-61(2)17-9-21-65-25-33-69(34-26-65)75(87)91-57-13-43-82(44-14-58-92-76(88)70-35-27-66(28-36-70)22-10-18-62(3)4)73(85)41-47-79(49-50-80-51-53-81(54-52-80)55-56-84)48-42-74(86)83(45-15-59-93-77(89)71-37-29-67(30-38-71)23-11-19-63(5)6)46-16-60-94-78(90)72-39-31-68(32-40-72)24-12-20-64(7)8/h17-20,25,27,29,31,69-72,84H,9-16,21-24,26,28,30,32-60H2,1-8H3. The van der Waals surface area contributed by atoms with Crippen molar-refractivity contribution in [1.29, 1.82) is 0 Å². The second kappa shape index (κ2) is 45.9. The molecule has 94 heavy (non-hydrogen) atoms. The van der Waals surface area contributed by atoms with Gasteiger partial charge in [-0.3, -0.25) is 38.6 Å². The van der Waals surface area contributed by atoms with Gasteiger partial charge in [-0.1, -0.05) is 93.2 Å². The molecule has 4 unspecified atom stereocenters. The van der Waals surface area contributed by atoms with Gasteiger partial charge in [0.05, 0.1) is 56.7 Å². The molecule has 0 aromatic rings. The number of nitrogens with zero attached hydrogens (tertiary/aromatic N) is 5. The van der Waals surface area contributed by atoms with Crippen LogP contribution in [-0.4, -0.2) is 183 Å². The van der Waals surface area contributed by atoms with E-state index in [4.69, 9.17) is 18.9 Å². The lowest BCUT2D eigenvalue weighted by Gasteiger charge is -2.35.